The maximum Gasteiger partial charge on any atom is 0.306 e. The van der Waals surface area contributed by atoms with Gasteiger partial charge in [0, 0.05) is 24.7 Å². The molecule has 0 amide bonds. The van der Waals surface area contributed by atoms with Crippen LogP contribution in [0.15, 0.2) is 24.3 Å². The smallest absolute Gasteiger partial charge is 0.306 e. The lowest BCUT2D eigenvalue weighted by Gasteiger charge is -2.18. The second-order valence-electron chi connectivity index (χ2n) is 6.93. The molecule has 2 aliphatic rings. The summed E-state index contributed by atoms with van der Waals surface area (Å²) < 4.78 is 5.60. The summed E-state index contributed by atoms with van der Waals surface area (Å²) in [6.07, 6.45) is 13.9. The van der Waals surface area contributed by atoms with Gasteiger partial charge >= 0.3 is 5.97 Å². The number of ether oxygens (including phenoxy) is 1. The number of unbranched alkanes of at least 4 members (excludes halogenated alkanes) is 2. The molecule has 0 spiro atoms. The monoisotopic (exact) mass is 334 g/mol. The number of Topliss-reactive ketones (excluding diaryl/α,β-unsaturated/α-hetero) is 1. The van der Waals surface area contributed by atoms with Crippen molar-refractivity contribution in [1.29, 1.82) is 0 Å². The number of ketones is 1. The summed E-state index contributed by atoms with van der Waals surface area (Å²) in [6, 6.07) is 0. The molecule has 4 heteroatoms. The van der Waals surface area contributed by atoms with Gasteiger partial charge in [-0.1, -0.05) is 38.0 Å². The number of fused-ring (bicyclic) bond motifs is 1. The van der Waals surface area contributed by atoms with Crippen LogP contribution in [0.25, 0.3) is 0 Å². The molecule has 0 bridgehead atoms. The highest BCUT2D eigenvalue weighted by Crippen LogP contribution is 2.33. The van der Waals surface area contributed by atoms with Crippen LogP contribution in [-0.4, -0.2) is 29.1 Å². The van der Waals surface area contributed by atoms with Gasteiger partial charge < -0.3 is 9.84 Å². The van der Waals surface area contributed by atoms with E-state index in [9.17, 15) is 14.7 Å². The number of allylic oxidation sites excluding steroid dienone is 2. The van der Waals surface area contributed by atoms with Crippen molar-refractivity contribution in [3.8, 4) is 0 Å². The molecule has 0 aromatic carbocycles. The maximum atomic E-state index is 12.1. The zero-order chi connectivity index (χ0) is 17.4. The minimum Gasteiger partial charge on any atom is -0.458 e. The molecule has 1 aliphatic carbocycles. The Hall–Kier alpha value is -1.42. The molecule has 1 fully saturated rings. The number of hydrogen-bond donors (Lipinski definition) is 1. The number of aliphatic hydroxyl groups is 1. The third-order valence-corrected chi connectivity index (χ3v) is 4.96. The van der Waals surface area contributed by atoms with Crippen molar-refractivity contribution in [2.45, 2.75) is 76.9 Å². The van der Waals surface area contributed by atoms with Crippen LogP contribution < -0.4 is 0 Å². The van der Waals surface area contributed by atoms with Crippen LogP contribution >= 0.6 is 0 Å². The normalized spacial score (nSPS) is 33.1. The Kier molecular flexibility index (Phi) is 7.70. The molecule has 2 rings (SSSR count). The van der Waals surface area contributed by atoms with E-state index >= 15 is 0 Å². The Morgan fingerprint density at radius 2 is 2.04 bits per heavy atom. The predicted molar refractivity (Wildman–Crippen MR) is 93.4 cm³/mol. The van der Waals surface area contributed by atoms with E-state index in [0.29, 0.717) is 12.8 Å². The van der Waals surface area contributed by atoms with Gasteiger partial charge in [0.05, 0.1) is 6.10 Å². The lowest BCUT2D eigenvalue weighted by atomic mass is 9.90. The average molecular weight is 334 g/mol. The van der Waals surface area contributed by atoms with E-state index in [4.69, 9.17) is 4.74 Å². The Morgan fingerprint density at radius 1 is 1.21 bits per heavy atom. The minimum absolute atomic E-state index is 0.135. The zero-order valence-corrected chi connectivity index (χ0v) is 14.7. The number of carbonyl (C=O) groups excluding carboxylic acids is 2. The van der Waals surface area contributed by atoms with Crippen molar-refractivity contribution in [2.24, 2.45) is 11.8 Å². The van der Waals surface area contributed by atoms with Gasteiger partial charge in [-0.2, -0.15) is 0 Å². The van der Waals surface area contributed by atoms with Crippen LogP contribution in [0.1, 0.15) is 64.7 Å². The van der Waals surface area contributed by atoms with E-state index in [0.717, 1.165) is 38.5 Å². The Morgan fingerprint density at radius 3 is 2.83 bits per heavy atom. The summed E-state index contributed by atoms with van der Waals surface area (Å²) in [4.78, 5) is 24.1. The molecule has 1 heterocycles. The topological polar surface area (TPSA) is 63.6 Å². The summed E-state index contributed by atoms with van der Waals surface area (Å²) in [5.74, 6) is -0.347. The standard InChI is InChI=1S/C20H30O4/c1-2-3-6-9-15-12-13-17-16(18(21)14-19(17)22)10-7-4-5-8-11-20(23)24-15/h4,7,12-13,15-17,19,22H,2-3,5-6,8-11,14H2,1H3/b7-4-,13-12?/t15-,16-,17?,19-/m1/s1. The van der Waals surface area contributed by atoms with Crippen molar-refractivity contribution >= 4 is 11.8 Å². The van der Waals surface area contributed by atoms with Gasteiger partial charge in [0.15, 0.2) is 0 Å². The Bertz CT molecular complexity index is 480. The first-order valence-electron chi connectivity index (χ1n) is 9.35. The quantitative estimate of drug-likeness (QED) is 0.483. The maximum absolute atomic E-state index is 12.1. The number of rotatable bonds is 4. The molecule has 0 aromatic rings. The lowest BCUT2D eigenvalue weighted by Crippen LogP contribution is -2.20. The molecule has 1 saturated carbocycles. The molecule has 0 radical (unpaired) electrons. The van der Waals surface area contributed by atoms with E-state index in [1.807, 2.05) is 24.3 Å². The van der Waals surface area contributed by atoms with Crippen LogP contribution in [-0.2, 0) is 14.3 Å². The summed E-state index contributed by atoms with van der Waals surface area (Å²) >= 11 is 0. The molecule has 0 aromatic heterocycles. The molecular weight excluding hydrogens is 304 g/mol. The highest BCUT2D eigenvalue weighted by molar-refractivity contribution is 5.84. The molecule has 4 atom stereocenters. The number of esters is 1. The third-order valence-electron chi connectivity index (χ3n) is 4.96. The third kappa shape index (κ3) is 5.59. The molecule has 1 unspecified atom stereocenters. The Balaban J connectivity index is 2.12. The van der Waals surface area contributed by atoms with E-state index in [-0.39, 0.29) is 36.1 Å². The first kappa shape index (κ1) is 18.9. The zero-order valence-electron chi connectivity index (χ0n) is 14.7. The average Bonchev–Trinajstić information content (AvgIpc) is 2.81. The van der Waals surface area contributed by atoms with Crippen LogP contribution in [0.4, 0.5) is 0 Å². The van der Waals surface area contributed by atoms with Gasteiger partial charge in [-0.25, -0.2) is 0 Å². The fraction of sp³-hybridized carbons (Fsp3) is 0.700. The number of aliphatic hydroxyl groups excluding tert-OH is 1. The van der Waals surface area contributed by atoms with E-state index in [2.05, 4.69) is 6.92 Å². The van der Waals surface area contributed by atoms with Crippen LogP contribution in [0.5, 0.6) is 0 Å². The number of carbonyl (C=O) groups is 2. The van der Waals surface area contributed by atoms with Crippen molar-refractivity contribution < 1.29 is 19.4 Å². The molecule has 1 aliphatic heterocycles. The molecular formula is C20H30O4. The van der Waals surface area contributed by atoms with Gasteiger partial charge in [0.25, 0.3) is 0 Å². The van der Waals surface area contributed by atoms with Crippen LogP contribution in [0.3, 0.4) is 0 Å². The number of cyclic esters (lactones) is 1. The van der Waals surface area contributed by atoms with Crippen LogP contribution in [0.2, 0.25) is 0 Å². The van der Waals surface area contributed by atoms with E-state index in [1.54, 1.807) is 0 Å². The van der Waals surface area contributed by atoms with Crippen molar-refractivity contribution in [1.82, 2.24) is 0 Å². The fourth-order valence-electron chi connectivity index (χ4n) is 3.52. The molecule has 134 valence electrons. The van der Waals surface area contributed by atoms with E-state index < -0.39 is 6.10 Å². The summed E-state index contributed by atoms with van der Waals surface area (Å²) in [5.41, 5.74) is 0. The lowest BCUT2D eigenvalue weighted by molar-refractivity contribution is -0.147. The van der Waals surface area contributed by atoms with Crippen molar-refractivity contribution in [2.75, 3.05) is 0 Å². The van der Waals surface area contributed by atoms with Gasteiger partial charge in [-0.3, -0.25) is 9.59 Å². The minimum atomic E-state index is -0.621. The molecule has 0 saturated heterocycles. The largest absolute Gasteiger partial charge is 0.458 e. The highest BCUT2D eigenvalue weighted by Gasteiger charge is 2.39. The Labute approximate surface area is 145 Å². The molecule has 4 nitrogen and oxygen atoms in total. The second kappa shape index (κ2) is 9.77. The van der Waals surface area contributed by atoms with Crippen LogP contribution in [0, 0.1) is 11.8 Å². The second-order valence-corrected chi connectivity index (χ2v) is 6.93. The SMILES string of the molecule is CCCCC[C@@H]1C=CC2[C@H](O)CC(=O)[C@@H]2C/C=C\CCCC(=O)O1. The fourth-order valence-corrected chi connectivity index (χ4v) is 3.52. The van der Waals surface area contributed by atoms with Gasteiger partial charge in [-0.05, 0) is 38.2 Å². The molecule has 1 N–H and O–H groups in total. The molecule has 24 heavy (non-hydrogen) atoms. The van der Waals surface area contributed by atoms with Gasteiger partial charge in [-0.15, -0.1) is 0 Å². The summed E-state index contributed by atoms with van der Waals surface area (Å²) in [7, 11) is 0. The van der Waals surface area contributed by atoms with Gasteiger partial charge in [0.2, 0.25) is 0 Å². The van der Waals surface area contributed by atoms with Gasteiger partial charge in [0.1, 0.15) is 11.9 Å². The first-order valence-corrected chi connectivity index (χ1v) is 9.35. The summed E-state index contributed by atoms with van der Waals surface area (Å²) in [6.45, 7) is 2.14. The van der Waals surface area contributed by atoms with Crippen molar-refractivity contribution in [3.63, 3.8) is 0 Å². The van der Waals surface area contributed by atoms with E-state index in [1.165, 1.54) is 0 Å². The highest BCUT2D eigenvalue weighted by atomic mass is 16.5. The first-order chi connectivity index (χ1) is 11.6. The summed E-state index contributed by atoms with van der Waals surface area (Å²) in [5, 5.41) is 10.2. The number of hydrogen-bond acceptors (Lipinski definition) is 4. The predicted octanol–water partition coefficient (Wildman–Crippen LogP) is 3.73. The van der Waals surface area contributed by atoms with Crippen molar-refractivity contribution in [3.05, 3.63) is 24.3 Å².